The number of rotatable bonds is 8. The summed E-state index contributed by atoms with van der Waals surface area (Å²) in [7, 11) is 1.63. The first kappa shape index (κ1) is 22.6. The van der Waals surface area contributed by atoms with Crippen molar-refractivity contribution >= 4 is 22.7 Å². The number of likely N-dealkylation sites (tertiary alicyclic amines) is 2. The molecule has 7 heteroatoms. The van der Waals surface area contributed by atoms with Crippen LogP contribution in [-0.2, 0) is 4.79 Å². The van der Waals surface area contributed by atoms with Crippen molar-refractivity contribution in [2.75, 3.05) is 39.8 Å². The molecule has 2 fully saturated rings. The molecule has 32 heavy (non-hydrogen) atoms. The topological polar surface area (TPSA) is 77.7 Å². The van der Waals surface area contributed by atoms with Gasteiger partial charge in [0.15, 0.2) is 0 Å². The van der Waals surface area contributed by atoms with Crippen LogP contribution in [0.3, 0.4) is 0 Å². The number of nitrogens with zero attached hydrogens (tertiary/aromatic N) is 2. The lowest BCUT2D eigenvalue weighted by molar-refractivity contribution is -0.122. The Morgan fingerprint density at radius 3 is 2.62 bits per heavy atom. The van der Waals surface area contributed by atoms with Crippen molar-refractivity contribution in [3.05, 3.63) is 30.0 Å². The first-order chi connectivity index (χ1) is 15.5. The third-order valence-corrected chi connectivity index (χ3v) is 7.08. The van der Waals surface area contributed by atoms with E-state index in [2.05, 4.69) is 22.1 Å². The molecule has 0 unspecified atom stereocenters. The molecule has 2 aromatic rings. The zero-order valence-corrected chi connectivity index (χ0v) is 19.4. The molecule has 2 N–H and O–H groups in total. The number of amides is 2. The number of hydrogen-bond donors (Lipinski definition) is 2. The van der Waals surface area contributed by atoms with E-state index in [1.165, 1.54) is 25.9 Å². The second-order valence-electron chi connectivity index (χ2n) is 9.31. The largest absolute Gasteiger partial charge is 0.497 e. The summed E-state index contributed by atoms with van der Waals surface area (Å²) in [5, 5.41) is 4.11. The van der Waals surface area contributed by atoms with Crippen LogP contribution in [0.15, 0.2) is 24.3 Å². The highest BCUT2D eigenvalue weighted by Gasteiger charge is 2.26. The smallest absolute Gasteiger partial charge is 0.270 e. The lowest BCUT2D eigenvalue weighted by Crippen LogP contribution is -2.40. The zero-order valence-electron chi connectivity index (χ0n) is 19.4. The molecule has 1 aromatic carbocycles. The summed E-state index contributed by atoms with van der Waals surface area (Å²) in [6.07, 6.45) is 5.91. The summed E-state index contributed by atoms with van der Waals surface area (Å²) < 4.78 is 5.26. The number of piperidine rings is 1. The molecular formula is C25H36N4O3. The van der Waals surface area contributed by atoms with Gasteiger partial charge in [0, 0.05) is 49.1 Å². The van der Waals surface area contributed by atoms with E-state index in [1.54, 1.807) is 7.11 Å². The number of hydrogen-bond acceptors (Lipinski definition) is 4. The van der Waals surface area contributed by atoms with Gasteiger partial charge in [-0.3, -0.25) is 9.59 Å². The summed E-state index contributed by atoms with van der Waals surface area (Å²) in [4.78, 5) is 33.0. The van der Waals surface area contributed by atoms with Crippen LogP contribution >= 0.6 is 0 Å². The highest BCUT2D eigenvalue weighted by atomic mass is 16.5. The van der Waals surface area contributed by atoms with Crippen molar-refractivity contribution in [2.45, 2.75) is 51.5 Å². The molecule has 1 atom stereocenters. The van der Waals surface area contributed by atoms with Crippen molar-refractivity contribution in [2.24, 2.45) is 5.92 Å². The quantitative estimate of drug-likeness (QED) is 0.660. The van der Waals surface area contributed by atoms with E-state index >= 15 is 0 Å². The second kappa shape index (κ2) is 10.4. The standard InChI is InChI=1S/C25H36N4O3/c1-18(28-11-3-4-12-28)7-10-26-24(30)15-19-8-13-29(14-9-19)25(31)23-16-20-5-6-21(32-2)17-22(20)27-23/h5-6,16-19,27H,3-4,7-15H2,1-2H3,(H,26,30)/t18-/m1/s1. The maximum absolute atomic E-state index is 12.9. The van der Waals surface area contributed by atoms with Gasteiger partial charge in [-0.1, -0.05) is 0 Å². The number of benzene rings is 1. The van der Waals surface area contributed by atoms with Crippen LogP contribution in [0.25, 0.3) is 10.9 Å². The van der Waals surface area contributed by atoms with E-state index in [1.807, 2.05) is 29.2 Å². The molecule has 0 spiro atoms. The Labute approximate surface area is 190 Å². The molecule has 0 aliphatic carbocycles. The van der Waals surface area contributed by atoms with Gasteiger partial charge in [0.25, 0.3) is 5.91 Å². The molecule has 2 aliphatic rings. The van der Waals surface area contributed by atoms with Crippen molar-refractivity contribution in [1.29, 1.82) is 0 Å². The molecule has 0 saturated carbocycles. The van der Waals surface area contributed by atoms with Gasteiger partial charge in [-0.25, -0.2) is 0 Å². The molecule has 3 heterocycles. The SMILES string of the molecule is COc1ccc2cc(C(=O)N3CCC(CC(=O)NCC[C@@H](C)N4CCCC4)CC3)[nH]c2c1. The summed E-state index contributed by atoms with van der Waals surface area (Å²) in [6, 6.07) is 8.20. The second-order valence-corrected chi connectivity index (χ2v) is 9.31. The normalized spacial score (nSPS) is 18.8. The predicted molar refractivity (Wildman–Crippen MR) is 126 cm³/mol. The molecular weight excluding hydrogens is 404 g/mol. The number of H-pyrrole nitrogens is 1. The van der Waals surface area contributed by atoms with Crippen LogP contribution in [0.5, 0.6) is 5.75 Å². The predicted octanol–water partition coefficient (Wildman–Crippen LogP) is 3.41. The maximum atomic E-state index is 12.9. The van der Waals surface area contributed by atoms with Crippen molar-refractivity contribution in [3.8, 4) is 5.75 Å². The minimum Gasteiger partial charge on any atom is -0.497 e. The maximum Gasteiger partial charge on any atom is 0.270 e. The zero-order chi connectivity index (χ0) is 22.5. The number of ether oxygens (including phenoxy) is 1. The molecule has 4 rings (SSSR count). The fourth-order valence-corrected chi connectivity index (χ4v) is 4.98. The monoisotopic (exact) mass is 440 g/mol. The highest BCUT2D eigenvalue weighted by Crippen LogP contribution is 2.25. The van der Waals surface area contributed by atoms with Crippen LogP contribution in [0.1, 0.15) is 55.9 Å². The lowest BCUT2D eigenvalue weighted by atomic mass is 9.93. The van der Waals surface area contributed by atoms with Gasteiger partial charge in [-0.2, -0.15) is 0 Å². The Hall–Kier alpha value is -2.54. The molecule has 2 aliphatic heterocycles. The van der Waals surface area contributed by atoms with E-state index in [0.29, 0.717) is 37.2 Å². The lowest BCUT2D eigenvalue weighted by Gasteiger charge is -2.31. The van der Waals surface area contributed by atoms with E-state index in [9.17, 15) is 9.59 Å². The van der Waals surface area contributed by atoms with Crippen molar-refractivity contribution in [1.82, 2.24) is 20.1 Å². The molecule has 2 saturated heterocycles. The van der Waals surface area contributed by atoms with Gasteiger partial charge in [0.1, 0.15) is 11.4 Å². The number of nitrogens with one attached hydrogen (secondary N) is 2. The van der Waals surface area contributed by atoms with Gasteiger partial charge >= 0.3 is 0 Å². The fraction of sp³-hybridized carbons (Fsp3) is 0.600. The number of fused-ring (bicyclic) bond motifs is 1. The average Bonchev–Trinajstić information content (AvgIpc) is 3.48. The van der Waals surface area contributed by atoms with E-state index in [-0.39, 0.29) is 11.8 Å². The van der Waals surface area contributed by atoms with Crippen LogP contribution in [-0.4, -0.2) is 72.5 Å². The Balaban J connectivity index is 1.20. The van der Waals surface area contributed by atoms with Crippen LogP contribution in [0, 0.1) is 5.92 Å². The van der Waals surface area contributed by atoms with Crippen molar-refractivity contribution < 1.29 is 14.3 Å². The molecule has 7 nitrogen and oxygen atoms in total. The minimum atomic E-state index is 0.0268. The Kier molecular flexibility index (Phi) is 7.35. The summed E-state index contributed by atoms with van der Waals surface area (Å²) in [5.74, 6) is 1.29. The molecule has 1 aromatic heterocycles. The third-order valence-electron chi connectivity index (χ3n) is 7.08. The third kappa shape index (κ3) is 5.44. The van der Waals surface area contributed by atoms with E-state index in [0.717, 1.165) is 42.5 Å². The number of carbonyl (C=O) groups excluding carboxylic acids is 2. The molecule has 0 radical (unpaired) electrons. The van der Waals surface area contributed by atoms with Crippen LogP contribution in [0.2, 0.25) is 0 Å². The number of methoxy groups -OCH3 is 1. The summed E-state index contributed by atoms with van der Waals surface area (Å²) in [5.41, 5.74) is 1.51. The first-order valence-electron chi connectivity index (χ1n) is 12.0. The first-order valence-corrected chi connectivity index (χ1v) is 12.0. The van der Waals surface area contributed by atoms with E-state index in [4.69, 9.17) is 4.74 Å². The molecule has 174 valence electrons. The fourth-order valence-electron chi connectivity index (χ4n) is 4.98. The van der Waals surface area contributed by atoms with Gasteiger partial charge in [0.05, 0.1) is 7.11 Å². The van der Waals surface area contributed by atoms with Gasteiger partial charge in [-0.15, -0.1) is 0 Å². The van der Waals surface area contributed by atoms with Gasteiger partial charge < -0.3 is 24.8 Å². The van der Waals surface area contributed by atoms with Gasteiger partial charge in [-0.05, 0) is 76.2 Å². The highest BCUT2D eigenvalue weighted by molar-refractivity contribution is 5.98. The number of aromatic amines is 1. The Bertz CT molecular complexity index is 926. The number of aromatic nitrogens is 1. The van der Waals surface area contributed by atoms with Crippen molar-refractivity contribution in [3.63, 3.8) is 0 Å². The number of carbonyl (C=O) groups is 2. The Morgan fingerprint density at radius 2 is 1.91 bits per heavy atom. The average molecular weight is 441 g/mol. The molecule has 2 amide bonds. The Morgan fingerprint density at radius 1 is 1.16 bits per heavy atom. The molecule has 0 bridgehead atoms. The minimum absolute atomic E-state index is 0.0268. The summed E-state index contributed by atoms with van der Waals surface area (Å²) >= 11 is 0. The summed E-state index contributed by atoms with van der Waals surface area (Å²) in [6.45, 7) is 6.79. The van der Waals surface area contributed by atoms with Crippen LogP contribution in [0.4, 0.5) is 0 Å². The van der Waals surface area contributed by atoms with Gasteiger partial charge in [0.2, 0.25) is 5.91 Å². The van der Waals surface area contributed by atoms with E-state index < -0.39 is 0 Å². The van der Waals surface area contributed by atoms with Crippen LogP contribution < -0.4 is 10.1 Å².